The number of carbonyl (C=O) groups is 1. The van der Waals surface area contributed by atoms with Crippen molar-refractivity contribution < 1.29 is 14.6 Å². The summed E-state index contributed by atoms with van der Waals surface area (Å²) in [4.78, 5) is 15.2. The molecule has 3 rings (SSSR count). The van der Waals surface area contributed by atoms with Crippen LogP contribution in [0.1, 0.15) is 24.8 Å². The van der Waals surface area contributed by atoms with Crippen LogP contribution < -0.4 is 4.74 Å². The molecule has 0 amide bonds. The number of aryl methyl sites for hydroxylation is 1. The van der Waals surface area contributed by atoms with E-state index in [1.807, 2.05) is 48.6 Å². The molecule has 0 bridgehead atoms. The zero-order valence-corrected chi connectivity index (χ0v) is 14.7. The molecule has 0 aliphatic heterocycles. The largest absolute Gasteiger partial charge is 0.481 e. The van der Waals surface area contributed by atoms with Gasteiger partial charge in [-0.25, -0.2) is 4.98 Å². The Kier molecular flexibility index (Phi) is 5.64. The molecule has 0 spiro atoms. The number of benzene rings is 1. The highest BCUT2D eigenvalue weighted by Gasteiger charge is 2.05. The summed E-state index contributed by atoms with van der Waals surface area (Å²) in [6.07, 6.45) is 9.07. The fraction of sp³-hybridized carbons (Fsp3) is 0.182. The Morgan fingerprint density at radius 1 is 1.19 bits per heavy atom. The molecule has 0 unspecified atom stereocenters. The summed E-state index contributed by atoms with van der Waals surface area (Å²) < 4.78 is 5.72. The van der Waals surface area contributed by atoms with Gasteiger partial charge in [0.25, 0.3) is 0 Å². The van der Waals surface area contributed by atoms with Gasteiger partial charge in [0, 0.05) is 18.1 Å². The number of pyridine rings is 1. The van der Waals surface area contributed by atoms with Crippen LogP contribution in [0.15, 0.2) is 78.1 Å². The van der Waals surface area contributed by atoms with Crippen LogP contribution in [0.5, 0.6) is 5.88 Å². The topological polar surface area (TPSA) is 59.4 Å². The van der Waals surface area contributed by atoms with Crippen molar-refractivity contribution in [2.45, 2.75) is 26.2 Å². The minimum Gasteiger partial charge on any atom is -0.481 e. The van der Waals surface area contributed by atoms with Crippen molar-refractivity contribution >= 4 is 5.97 Å². The predicted octanol–water partition coefficient (Wildman–Crippen LogP) is 5.07. The smallest absolute Gasteiger partial charge is 0.303 e. The minimum absolute atomic E-state index is 0.154. The maximum absolute atomic E-state index is 10.6. The van der Waals surface area contributed by atoms with Gasteiger partial charge in [0.05, 0.1) is 12.0 Å². The lowest BCUT2D eigenvalue weighted by Crippen LogP contribution is -1.97. The third-order valence-electron chi connectivity index (χ3n) is 4.14. The van der Waals surface area contributed by atoms with Crippen LogP contribution in [0.3, 0.4) is 0 Å². The summed E-state index contributed by atoms with van der Waals surface area (Å²) in [5, 5.41) is 8.73. The summed E-state index contributed by atoms with van der Waals surface area (Å²) in [5.74, 6) is -0.229. The highest BCUT2D eigenvalue weighted by atomic mass is 16.5. The number of ether oxygens (including phenoxy) is 1. The normalized spacial score (nSPS) is 15.0. The number of hydrogen-bond acceptors (Lipinski definition) is 3. The molecule has 4 heteroatoms. The van der Waals surface area contributed by atoms with Crippen LogP contribution in [0.25, 0.3) is 11.3 Å². The zero-order chi connectivity index (χ0) is 18.4. The molecule has 1 heterocycles. The number of aliphatic carboxylic acids is 1. The van der Waals surface area contributed by atoms with Gasteiger partial charge in [-0.05, 0) is 31.4 Å². The fourth-order valence-corrected chi connectivity index (χ4v) is 2.62. The van der Waals surface area contributed by atoms with Crippen molar-refractivity contribution in [2.24, 2.45) is 0 Å². The van der Waals surface area contributed by atoms with Crippen molar-refractivity contribution in [3.05, 3.63) is 83.7 Å². The molecular formula is C22H21NO3. The number of rotatable bonds is 6. The van der Waals surface area contributed by atoms with Crippen molar-refractivity contribution in [3.8, 4) is 17.1 Å². The molecule has 1 aliphatic rings. The Labute approximate surface area is 153 Å². The van der Waals surface area contributed by atoms with Gasteiger partial charge in [0.15, 0.2) is 0 Å². The summed E-state index contributed by atoms with van der Waals surface area (Å²) in [5.41, 5.74) is 5.20. The summed E-state index contributed by atoms with van der Waals surface area (Å²) in [6.45, 7) is 2.06. The van der Waals surface area contributed by atoms with E-state index in [-0.39, 0.29) is 6.42 Å². The van der Waals surface area contributed by atoms with Crippen LogP contribution in [-0.2, 0) is 4.79 Å². The Morgan fingerprint density at radius 3 is 2.69 bits per heavy atom. The molecular weight excluding hydrogens is 326 g/mol. The van der Waals surface area contributed by atoms with Crippen LogP contribution in [0.4, 0.5) is 0 Å². The van der Waals surface area contributed by atoms with Crippen LogP contribution in [-0.4, -0.2) is 16.1 Å². The second kappa shape index (κ2) is 8.30. The highest BCUT2D eigenvalue weighted by molar-refractivity contribution is 5.67. The van der Waals surface area contributed by atoms with Gasteiger partial charge in [0.1, 0.15) is 0 Å². The van der Waals surface area contributed by atoms with Gasteiger partial charge in [-0.1, -0.05) is 59.7 Å². The Balaban J connectivity index is 1.63. The summed E-state index contributed by atoms with van der Waals surface area (Å²) in [7, 11) is 0. The molecule has 1 N–H and O–H groups in total. The molecule has 4 nitrogen and oxygen atoms in total. The monoisotopic (exact) mass is 347 g/mol. The lowest BCUT2D eigenvalue weighted by atomic mass is 10.00. The van der Waals surface area contributed by atoms with E-state index in [2.05, 4.69) is 24.0 Å². The predicted molar refractivity (Wildman–Crippen MR) is 102 cm³/mol. The van der Waals surface area contributed by atoms with Crippen molar-refractivity contribution in [3.63, 3.8) is 0 Å². The first-order chi connectivity index (χ1) is 12.6. The first kappa shape index (κ1) is 17.7. The van der Waals surface area contributed by atoms with Gasteiger partial charge >= 0.3 is 5.97 Å². The molecule has 0 radical (unpaired) electrons. The second-order valence-corrected chi connectivity index (χ2v) is 6.25. The van der Waals surface area contributed by atoms with E-state index in [1.165, 1.54) is 5.56 Å². The SMILES string of the molecule is Cc1ccc(-c2cccc(OC=C3C=CC(CCC(=O)O)=CC3)n2)cc1. The lowest BCUT2D eigenvalue weighted by molar-refractivity contribution is -0.136. The van der Waals surface area contributed by atoms with Gasteiger partial charge in [0.2, 0.25) is 5.88 Å². The maximum atomic E-state index is 10.6. The van der Waals surface area contributed by atoms with Gasteiger partial charge < -0.3 is 9.84 Å². The fourth-order valence-electron chi connectivity index (χ4n) is 2.62. The van der Waals surface area contributed by atoms with E-state index in [1.54, 1.807) is 6.26 Å². The second-order valence-electron chi connectivity index (χ2n) is 6.25. The molecule has 1 aromatic carbocycles. The highest BCUT2D eigenvalue weighted by Crippen LogP contribution is 2.22. The number of aromatic nitrogens is 1. The number of carboxylic acids is 1. The quantitative estimate of drug-likeness (QED) is 0.741. The third kappa shape index (κ3) is 4.93. The Hall–Kier alpha value is -3.14. The molecule has 1 aliphatic carbocycles. The Morgan fingerprint density at radius 2 is 2.00 bits per heavy atom. The van der Waals surface area contributed by atoms with E-state index in [0.717, 1.165) is 28.8 Å². The Bertz CT molecular complexity index is 877. The van der Waals surface area contributed by atoms with Crippen molar-refractivity contribution in [1.82, 2.24) is 4.98 Å². The molecule has 26 heavy (non-hydrogen) atoms. The minimum atomic E-state index is -0.775. The first-order valence-corrected chi connectivity index (χ1v) is 8.59. The van der Waals surface area contributed by atoms with Crippen molar-refractivity contribution in [2.75, 3.05) is 0 Å². The molecule has 132 valence electrons. The molecule has 0 saturated carbocycles. The van der Waals surface area contributed by atoms with Crippen molar-refractivity contribution in [1.29, 1.82) is 0 Å². The van der Waals surface area contributed by atoms with E-state index < -0.39 is 5.97 Å². The standard InChI is InChI=1S/C22H21NO3/c1-16-5-12-19(13-6-16)20-3-2-4-21(23-20)26-15-18-9-7-17(8-10-18)11-14-22(24)25/h2-9,12-13,15H,10-11,14H2,1H3,(H,24,25). The number of carboxylic acid groups (broad SMARTS) is 1. The zero-order valence-electron chi connectivity index (χ0n) is 14.7. The molecule has 0 atom stereocenters. The summed E-state index contributed by atoms with van der Waals surface area (Å²) >= 11 is 0. The van der Waals surface area contributed by atoms with E-state index >= 15 is 0 Å². The van der Waals surface area contributed by atoms with Crippen LogP contribution in [0.2, 0.25) is 0 Å². The molecule has 0 saturated heterocycles. The first-order valence-electron chi connectivity index (χ1n) is 8.59. The van der Waals surface area contributed by atoms with Gasteiger partial charge in [-0.2, -0.15) is 0 Å². The molecule has 2 aromatic rings. The number of allylic oxidation sites excluding steroid dienone is 5. The number of hydrogen-bond donors (Lipinski definition) is 1. The third-order valence-corrected chi connectivity index (χ3v) is 4.14. The van der Waals surface area contributed by atoms with Gasteiger partial charge in [-0.15, -0.1) is 0 Å². The molecule has 1 aromatic heterocycles. The maximum Gasteiger partial charge on any atom is 0.303 e. The average Bonchev–Trinajstić information content (AvgIpc) is 2.66. The van der Waals surface area contributed by atoms with Crippen LogP contribution in [0, 0.1) is 6.92 Å². The van der Waals surface area contributed by atoms with E-state index in [0.29, 0.717) is 12.3 Å². The summed E-state index contributed by atoms with van der Waals surface area (Å²) in [6, 6.07) is 13.9. The lowest BCUT2D eigenvalue weighted by Gasteiger charge is -2.09. The van der Waals surface area contributed by atoms with E-state index in [4.69, 9.17) is 9.84 Å². The number of nitrogens with zero attached hydrogens (tertiary/aromatic N) is 1. The van der Waals surface area contributed by atoms with Gasteiger partial charge in [-0.3, -0.25) is 4.79 Å². The van der Waals surface area contributed by atoms with E-state index in [9.17, 15) is 4.79 Å². The van der Waals surface area contributed by atoms with Crippen LogP contribution >= 0.6 is 0 Å². The average molecular weight is 347 g/mol. The molecule has 0 fully saturated rings.